The topological polar surface area (TPSA) is 46.3 Å². The van der Waals surface area contributed by atoms with Crippen molar-refractivity contribution in [2.75, 3.05) is 13.1 Å². The molecule has 2 rings (SSSR count). The van der Waals surface area contributed by atoms with Gasteiger partial charge in [-0.05, 0) is 29.9 Å². The lowest BCUT2D eigenvalue weighted by Crippen LogP contribution is -2.39. The molecular weight excluding hydrogens is 248 g/mol. The lowest BCUT2D eigenvalue weighted by atomic mass is 9.92. The highest BCUT2D eigenvalue weighted by Gasteiger charge is 2.22. The zero-order valence-corrected chi connectivity index (χ0v) is 12.5. The lowest BCUT2D eigenvalue weighted by molar-refractivity contribution is -0.131. The van der Waals surface area contributed by atoms with E-state index in [1.165, 1.54) is 12.8 Å². The molecule has 1 aliphatic heterocycles. The Balaban J connectivity index is 1.89. The van der Waals surface area contributed by atoms with Gasteiger partial charge in [-0.1, -0.05) is 44.0 Å². The van der Waals surface area contributed by atoms with Gasteiger partial charge in [0.15, 0.2) is 0 Å². The Labute approximate surface area is 122 Å². The van der Waals surface area contributed by atoms with Crippen LogP contribution in [0.4, 0.5) is 0 Å². The molecule has 0 atom stereocenters. The van der Waals surface area contributed by atoms with Gasteiger partial charge >= 0.3 is 0 Å². The summed E-state index contributed by atoms with van der Waals surface area (Å²) in [5.74, 6) is 1.07. The second-order valence-electron chi connectivity index (χ2n) is 5.76. The third-order valence-electron chi connectivity index (χ3n) is 4.34. The highest BCUT2D eigenvalue weighted by molar-refractivity contribution is 5.79. The number of hydrogen-bond acceptors (Lipinski definition) is 2. The molecule has 110 valence electrons. The normalized spacial score (nSPS) is 16.4. The van der Waals surface area contributed by atoms with Crippen LogP contribution in [0.2, 0.25) is 0 Å². The summed E-state index contributed by atoms with van der Waals surface area (Å²) in [7, 11) is 0. The molecule has 0 unspecified atom stereocenters. The maximum absolute atomic E-state index is 12.4. The minimum absolute atomic E-state index is 0.251. The van der Waals surface area contributed by atoms with Crippen LogP contribution in [-0.2, 0) is 17.8 Å². The molecule has 20 heavy (non-hydrogen) atoms. The molecule has 1 aromatic rings. The second-order valence-corrected chi connectivity index (χ2v) is 5.76. The van der Waals surface area contributed by atoms with E-state index in [-0.39, 0.29) is 5.91 Å². The van der Waals surface area contributed by atoms with Crippen LogP contribution in [0.3, 0.4) is 0 Å². The van der Waals surface area contributed by atoms with E-state index >= 15 is 0 Å². The molecule has 3 nitrogen and oxygen atoms in total. The Morgan fingerprint density at radius 1 is 1.25 bits per heavy atom. The Morgan fingerprint density at radius 2 is 1.90 bits per heavy atom. The molecule has 0 spiro atoms. The quantitative estimate of drug-likeness (QED) is 0.897. The van der Waals surface area contributed by atoms with Gasteiger partial charge in [-0.3, -0.25) is 4.79 Å². The molecule has 1 aromatic carbocycles. The minimum Gasteiger partial charge on any atom is -0.342 e. The first-order chi connectivity index (χ1) is 9.74. The minimum atomic E-state index is 0.251. The van der Waals surface area contributed by atoms with Crippen LogP contribution in [0.25, 0.3) is 0 Å². The molecule has 0 bridgehead atoms. The number of piperidine rings is 1. The summed E-state index contributed by atoms with van der Waals surface area (Å²) in [6.07, 6.45) is 5.38. The first-order valence-corrected chi connectivity index (χ1v) is 7.79. The number of carbonyl (C=O) groups is 1. The van der Waals surface area contributed by atoms with Gasteiger partial charge in [-0.25, -0.2) is 0 Å². The van der Waals surface area contributed by atoms with Crippen molar-refractivity contribution in [3.8, 4) is 0 Å². The number of rotatable bonds is 5. The van der Waals surface area contributed by atoms with Crippen molar-refractivity contribution < 1.29 is 4.79 Å². The zero-order valence-electron chi connectivity index (χ0n) is 12.5. The van der Waals surface area contributed by atoms with E-state index in [2.05, 4.69) is 6.92 Å². The Kier molecular flexibility index (Phi) is 5.60. The molecule has 0 aliphatic carbocycles. The predicted octanol–water partition coefficient (Wildman–Crippen LogP) is 2.73. The molecule has 1 saturated heterocycles. The number of hydrogen-bond donors (Lipinski definition) is 1. The number of carbonyl (C=O) groups excluding carboxylic acids is 1. The van der Waals surface area contributed by atoms with E-state index < -0.39 is 0 Å². The molecule has 1 fully saturated rings. The van der Waals surface area contributed by atoms with Crippen molar-refractivity contribution in [1.82, 2.24) is 4.90 Å². The molecule has 3 heteroatoms. The van der Waals surface area contributed by atoms with Gasteiger partial charge in [0.25, 0.3) is 0 Å². The standard InChI is InChI=1S/C17H26N2O/c1-2-5-14-8-10-19(11-9-14)17(20)12-15-6-3-4-7-16(15)13-18/h3-4,6-7,14H,2,5,8-13,18H2,1H3. The summed E-state index contributed by atoms with van der Waals surface area (Å²) in [4.78, 5) is 14.4. The molecule has 2 N–H and O–H groups in total. The SMILES string of the molecule is CCCC1CCN(C(=O)Cc2ccccc2CN)CC1. The number of nitrogens with two attached hydrogens (primary N) is 1. The molecular formula is C17H26N2O. The van der Waals surface area contributed by atoms with Crippen LogP contribution in [0.1, 0.15) is 43.7 Å². The fourth-order valence-electron chi connectivity index (χ4n) is 3.08. The van der Waals surface area contributed by atoms with E-state index in [9.17, 15) is 4.79 Å². The largest absolute Gasteiger partial charge is 0.342 e. The Morgan fingerprint density at radius 3 is 2.50 bits per heavy atom. The molecule has 0 radical (unpaired) electrons. The van der Waals surface area contributed by atoms with Crippen LogP contribution in [0.15, 0.2) is 24.3 Å². The van der Waals surface area contributed by atoms with Crippen LogP contribution in [0, 0.1) is 5.92 Å². The summed E-state index contributed by atoms with van der Waals surface area (Å²) >= 11 is 0. The van der Waals surface area contributed by atoms with Gasteiger partial charge in [0.2, 0.25) is 5.91 Å². The van der Waals surface area contributed by atoms with E-state index in [0.29, 0.717) is 13.0 Å². The van der Waals surface area contributed by atoms with Gasteiger partial charge < -0.3 is 10.6 Å². The number of amides is 1. The van der Waals surface area contributed by atoms with Crippen molar-refractivity contribution >= 4 is 5.91 Å². The average molecular weight is 274 g/mol. The van der Waals surface area contributed by atoms with Crippen molar-refractivity contribution in [3.05, 3.63) is 35.4 Å². The molecule has 0 aromatic heterocycles. The van der Waals surface area contributed by atoms with Crippen LogP contribution < -0.4 is 5.73 Å². The summed E-state index contributed by atoms with van der Waals surface area (Å²) in [6, 6.07) is 7.99. The Hall–Kier alpha value is -1.35. The van der Waals surface area contributed by atoms with Crippen LogP contribution >= 0.6 is 0 Å². The van der Waals surface area contributed by atoms with E-state index in [1.54, 1.807) is 0 Å². The highest BCUT2D eigenvalue weighted by Crippen LogP contribution is 2.22. The fourth-order valence-corrected chi connectivity index (χ4v) is 3.08. The molecule has 1 heterocycles. The monoisotopic (exact) mass is 274 g/mol. The van der Waals surface area contributed by atoms with E-state index in [4.69, 9.17) is 5.73 Å². The van der Waals surface area contributed by atoms with Crippen molar-refractivity contribution in [1.29, 1.82) is 0 Å². The predicted molar refractivity (Wildman–Crippen MR) is 82.2 cm³/mol. The van der Waals surface area contributed by atoms with E-state index in [1.807, 2.05) is 29.2 Å². The summed E-state index contributed by atoms with van der Waals surface area (Å²) in [6.45, 7) is 4.59. The van der Waals surface area contributed by atoms with Crippen molar-refractivity contribution in [2.24, 2.45) is 11.7 Å². The third kappa shape index (κ3) is 3.83. The number of likely N-dealkylation sites (tertiary alicyclic amines) is 1. The maximum atomic E-state index is 12.4. The second kappa shape index (κ2) is 7.44. The smallest absolute Gasteiger partial charge is 0.227 e. The van der Waals surface area contributed by atoms with Crippen LogP contribution in [0.5, 0.6) is 0 Å². The van der Waals surface area contributed by atoms with Crippen molar-refractivity contribution in [3.63, 3.8) is 0 Å². The summed E-state index contributed by atoms with van der Waals surface area (Å²) in [5, 5.41) is 0. The van der Waals surface area contributed by atoms with Gasteiger partial charge in [-0.15, -0.1) is 0 Å². The highest BCUT2D eigenvalue weighted by atomic mass is 16.2. The zero-order chi connectivity index (χ0) is 14.4. The molecule has 0 saturated carbocycles. The number of nitrogens with zero attached hydrogens (tertiary/aromatic N) is 1. The average Bonchev–Trinajstić information content (AvgIpc) is 2.49. The van der Waals surface area contributed by atoms with Crippen LogP contribution in [-0.4, -0.2) is 23.9 Å². The van der Waals surface area contributed by atoms with Gasteiger partial charge in [0, 0.05) is 19.6 Å². The van der Waals surface area contributed by atoms with Gasteiger partial charge in [0.1, 0.15) is 0 Å². The maximum Gasteiger partial charge on any atom is 0.227 e. The summed E-state index contributed by atoms with van der Waals surface area (Å²) < 4.78 is 0. The first-order valence-electron chi connectivity index (χ1n) is 7.79. The number of benzene rings is 1. The fraction of sp³-hybridized carbons (Fsp3) is 0.588. The van der Waals surface area contributed by atoms with Crippen molar-refractivity contribution in [2.45, 2.75) is 45.6 Å². The summed E-state index contributed by atoms with van der Waals surface area (Å²) in [5.41, 5.74) is 7.90. The van der Waals surface area contributed by atoms with Gasteiger partial charge in [-0.2, -0.15) is 0 Å². The molecule has 1 amide bonds. The Bertz CT molecular complexity index is 436. The third-order valence-corrected chi connectivity index (χ3v) is 4.34. The first kappa shape index (κ1) is 15.0. The molecule has 1 aliphatic rings. The van der Waals surface area contributed by atoms with E-state index in [0.717, 1.165) is 43.0 Å². The van der Waals surface area contributed by atoms with Gasteiger partial charge in [0.05, 0.1) is 6.42 Å². The lowest BCUT2D eigenvalue weighted by Gasteiger charge is -2.32.